The number of benzene rings is 2. The van der Waals surface area contributed by atoms with E-state index in [0.29, 0.717) is 42.4 Å². The predicted octanol–water partition coefficient (Wildman–Crippen LogP) is 3.62. The molecule has 6 heteroatoms. The maximum Gasteiger partial charge on any atom is 0.222 e. The molecule has 152 valence electrons. The zero-order chi connectivity index (χ0) is 20.7. The van der Waals surface area contributed by atoms with Crippen LogP contribution in [0.15, 0.2) is 30.3 Å². The van der Waals surface area contributed by atoms with Gasteiger partial charge >= 0.3 is 0 Å². The van der Waals surface area contributed by atoms with Gasteiger partial charge in [-0.1, -0.05) is 12.1 Å². The highest BCUT2D eigenvalue weighted by Gasteiger charge is 2.16. The highest BCUT2D eigenvalue weighted by molar-refractivity contribution is 5.76. The summed E-state index contributed by atoms with van der Waals surface area (Å²) < 4.78 is 21.5. The van der Waals surface area contributed by atoms with Crippen molar-refractivity contribution < 1.29 is 23.7 Å². The van der Waals surface area contributed by atoms with Gasteiger partial charge in [-0.15, -0.1) is 0 Å². The number of aryl methyl sites for hydroxylation is 2. The zero-order valence-electron chi connectivity index (χ0n) is 17.5. The summed E-state index contributed by atoms with van der Waals surface area (Å²) in [6, 6.07) is 9.54. The number of amides is 1. The van der Waals surface area contributed by atoms with Crippen molar-refractivity contribution in [1.29, 1.82) is 0 Å². The molecule has 0 fully saturated rings. The minimum absolute atomic E-state index is 0.0547. The molecule has 0 spiro atoms. The average Bonchev–Trinajstić information content (AvgIpc) is 2.72. The number of carbonyl (C=O) groups excluding carboxylic acids is 1. The lowest BCUT2D eigenvalue weighted by Gasteiger charge is -2.20. The van der Waals surface area contributed by atoms with Gasteiger partial charge in [0.2, 0.25) is 5.91 Å². The minimum Gasteiger partial charge on any atom is -0.493 e. The summed E-state index contributed by atoms with van der Waals surface area (Å²) in [7, 11) is 8.23. The molecule has 0 saturated carbocycles. The molecule has 0 radical (unpaired) electrons. The Morgan fingerprint density at radius 3 is 2.14 bits per heavy atom. The van der Waals surface area contributed by atoms with Crippen molar-refractivity contribution >= 4 is 5.91 Å². The third-order valence-corrected chi connectivity index (χ3v) is 4.77. The van der Waals surface area contributed by atoms with E-state index in [9.17, 15) is 4.79 Å². The second-order valence-electron chi connectivity index (χ2n) is 6.54. The molecule has 2 aromatic carbocycles. The number of rotatable bonds is 9. The topological polar surface area (TPSA) is 57.2 Å². The van der Waals surface area contributed by atoms with Crippen LogP contribution in [0.2, 0.25) is 0 Å². The maximum absolute atomic E-state index is 12.7. The van der Waals surface area contributed by atoms with Gasteiger partial charge in [-0.25, -0.2) is 0 Å². The predicted molar refractivity (Wildman–Crippen MR) is 109 cm³/mol. The number of carbonyl (C=O) groups is 1. The van der Waals surface area contributed by atoms with Crippen LogP contribution in [0.5, 0.6) is 23.0 Å². The molecule has 2 aromatic rings. The average molecular weight is 387 g/mol. The molecule has 28 heavy (non-hydrogen) atoms. The quantitative estimate of drug-likeness (QED) is 0.658. The molecule has 0 heterocycles. The van der Waals surface area contributed by atoms with Crippen LogP contribution in [-0.2, 0) is 17.8 Å². The van der Waals surface area contributed by atoms with E-state index in [0.717, 1.165) is 16.7 Å². The van der Waals surface area contributed by atoms with E-state index in [1.165, 1.54) is 0 Å². The summed E-state index contributed by atoms with van der Waals surface area (Å²) in [5, 5.41) is 0. The molecule has 0 bridgehead atoms. The minimum atomic E-state index is 0.0547. The Morgan fingerprint density at radius 1 is 0.893 bits per heavy atom. The first kappa shape index (κ1) is 21.4. The summed E-state index contributed by atoms with van der Waals surface area (Å²) in [6.45, 7) is 2.50. The Balaban J connectivity index is 2.06. The molecular formula is C22H29NO5. The molecule has 0 aliphatic rings. The molecule has 0 saturated heterocycles. The summed E-state index contributed by atoms with van der Waals surface area (Å²) in [5.74, 6) is 2.74. The van der Waals surface area contributed by atoms with Crippen LogP contribution in [0.4, 0.5) is 0 Å². The first-order valence-corrected chi connectivity index (χ1v) is 9.10. The van der Waals surface area contributed by atoms with Gasteiger partial charge in [-0.05, 0) is 48.2 Å². The number of hydrogen-bond donors (Lipinski definition) is 0. The molecule has 2 rings (SSSR count). The van der Waals surface area contributed by atoms with Crippen molar-refractivity contribution in [2.75, 3.05) is 35.5 Å². The molecule has 0 aromatic heterocycles. The van der Waals surface area contributed by atoms with Crippen LogP contribution >= 0.6 is 0 Å². The zero-order valence-corrected chi connectivity index (χ0v) is 17.5. The number of ether oxygens (including phenoxy) is 4. The van der Waals surface area contributed by atoms with Crippen LogP contribution in [-0.4, -0.2) is 46.3 Å². The SMILES string of the molecule is COc1cc(C)c(CN(C)C(=O)CCc2cccc(OC)c2OC)cc1OC. The van der Waals surface area contributed by atoms with E-state index in [2.05, 4.69) is 0 Å². The first-order valence-electron chi connectivity index (χ1n) is 9.10. The van der Waals surface area contributed by atoms with Crippen molar-refractivity contribution in [1.82, 2.24) is 4.90 Å². The van der Waals surface area contributed by atoms with E-state index >= 15 is 0 Å². The van der Waals surface area contributed by atoms with Gasteiger partial charge in [0.05, 0.1) is 28.4 Å². The van der Waals surface area contributed by atoms with E-state index in [4.69, 9.17) is 18.9 Å². The largest absolute Gasteiger partial charge is 0.493 e. The van der Waals surface area contributed by atoms with Crippen LogP contribution in [0, 0.1) is 6.92 Å². The van der Waals surface area contributed by atoms with Gasteiger partial charge in [0, 0.05) is 20.0 Å². The summed E-state index contributed by atoms with van der Waals surface area (Å²) in [5.41, 5.74) is 3.02. The highest BCUT2D eigenvalue weighted by atomic mass is 16.5. The Bertz CT molecular complexity index is 819. The van der Waals surface area contributed by atoms with E-state index < -0.39 is 0 Å². The fourth-order valence-electron chi connectivity index (χ4n) is 3.12. The molecule has 0 unspecified atom stereocenters. The normalized spacial score (nSPS) is 10.4. The van der Waals surface area contributed by atoms with Crippen molar-refractivity contribution in [2.24, 2.45) is 0 Å². The molecule has 0 aliphatic heterocycles. The van der Waals surface area contributed by atoms with E-state index in [1.807, 2.05) is 37.3 Å². The third-order valence-electron chi connectivity index (χ3n) is 4.77. The Morgan fingerprint density at radius 2 is 1.54 bits per heavy atom. The maximum atomic E-state index is 12.7. The lowest BCUT2D eigenvalue weighted by Crippen LogP contribution is -2.26. The monoisotopic (exact) mass is 387 g/mol. The lowest BCUT2D eigenvalue weighted by atomic mass is 10.1. The number of nitrogens with zero attached hydrogens (tertiary/aromatic N) is 1. The molecular weight excluding hydrogens is 358 g/mol. The third kappa shape index (κ3) is 4.88. The standard InChI is InChI=1S/C22H29NO5/c1-15-12-19(26-4)20(27-5)13-17(15)14-23(2)21(24)11-10-16-8-7-9-18(25-3)22(16)28-6/h7-9,12-13H,10-11,14H2,1-6H3. The molecule has 0 atom stereocenters. The second kappa shape index (κ2) is 9.88. The molecule has 0 N–H and O–H groups in total. The van der Waals surface area contributed by atoms with Crippen molar-refractivity contribution in [3.8, 4) is 23.0 Å². The summed E-state index contributed by atoms with van der Waals surface area (Å²) in [4.78, 5) is 14.4. The van der Waals surface area contributed by atoms with Crippen molar-refractivity contribution in [3.05, 3.63) is 47.0 Å². The number of para-hydroxylation sites is 1. The fraction of sp³-hybridized carbons (Fsp3) is 0.409. The van der Waals surface area contributed by atoms with E-state index in [-0.39, 0.29) is 5.91 Å². The molecule has 1 amide bonds. The van der Waals surface area contributed by atoms with Gasteiger partial charge in [-0.2, -0.15) is 0 Å². The van der Waals surface area contributed by atoms with Gasteiger partial charge in [0.25, 0.3) is 0 Å². The van der Waals surface area contributed by atoms with Crippen molar-refractivity contribution in [3.63, 3.8) is 0 Å². The second-order valence-corrected chi connectivity index (χ2v) is 6.54. The fourth-order valence-corrected chi connectivity index (χ4v) is 3.12. The van der Waals surface area contributed by atoms with Gasteiger partial charge in [-0.3, -0.25) is 4.79 Å². The van der Waals surface area contributed by atoms with Gasteiger partial charge < -0.3 is 23.8 Å². The first-order chi connectivity index (χ1) is 13.4. The Kier molecular flexibility index (Phi) is 7.55. The van der Waals surface area contributed by atoms with E-state index in [1.54, 1.807) is 40.4 Å². The number of hydrogen-bond acceptors (Lipinski definition) is 5. The van der Waals surface area contributed by atoms with Crippen LogP contribution < -0.4 is 18.9 Å². The number of methoxy groups -OCH3 is 4. The van der Waals surface area contributed by atoms with Gasteiger partial charge in [0.15, 0.2) is 23.0 Å². The van der Waals surface area contributed by atoms with Crippen LogP contribution in [0.3, 0.4) is 0 Å². The Labute approximate surface area is 167 Å². The molecule has 6 nitrogen and oxygen atoms in total. The van der Waals surface area contributed by atoms with Crippen LogP contribution in [0.1, 0.15) is 23.1 Å². The van der Waals surface area contributed by atoms with Crippen LogP contribution in [0.25, 0.3) is 0 Å². The lowest BCUT2D eigenvalue weighted by molar-refractivity contribution is -0.130. The highest BCUT2D eigenvalue weighted by Crippen LogP contribution is 2.32. The van der Waals surface area contributed by atoms with Crippen molar-refractivity contribution in [2.45, 2.75) is 26.3 Å². The smallest absolute Gasteiger partial charge is 0.222 e. The summed E-state index contributed by atoms with van der Waals surface area (Å²) >= 11 is 0. The van der Waals surface area contributed by atoms with Gasteiger partial charge in [0.1, 0.15) is 0 Å². The molecule has 0 aliphatic carbocycles. The summed E-state index contributed by atoms with van der Waals surface area (Å²) in [6.07, 6.45) is 0.959. The Hall–Kier alpha value is -2.89.